The van der Waals surface area contributed by atoms with Crippen LogP contribution in [-0.4, -0.2) is 55.5 Å². The van der Waals surface area contributed by atoms with Gasteiger partial charge in [0.05, 0.1) is 22.8 Å². The molecule has 0 atom stereocenters. The highest BCUT2D eigenvalue weighted by Gasteiger charge is 2.21. The maximum absolute atomic E-state index is 13.3. The molecule has 0 saturated heterocycles. The quantitative estimate of drug-likeness (QED) is 0.124. The number of fused-ring (bicyclic) bond motifs is 8. The molecule has 64 heavy (non-hydrogen) atoms. The van der Waals surface area contributed by atoms with Gasteiger partial charge in [-0.2, -0.15) is 0 Å². The summed E-state index contributed by atoms with van der Waals surface area (Å²) in [6, 6.07) is 32.1. The van der Waals surface area contributed by atoms with Gasteiger partial charge in [-0.1, -0.05) is 56.1 Å². The van der Waals surface area contributed by atoms with Crippen LogP contribution in [0, 0.1) is 0 Å². The van der Waals surface area contributed by atoms with Crippen LogP contribution in [0.5, 0.6) is 0 Å². The molecule has 7 heterocycles. The molecule has 0 aliphatic carbocycles. The molecule has 2 aliphatic heterocycles. The molecule has 2 aliphatic rings. The number of nitrogens with zero attached hydrogens (tertiary/aromatic N) is 4. The monoisotopic (exact) mass is 1010 g/mol. The van der Waals surface area contributed by atoms with Gasteiger partial charge < -0.3 is 45.4 Å². The molecule has 9 rings (SSSR count). The number of pyridine rings is 2. The maximum Gasteiger partial charge on any atom is 0.251 e. The van der Waals surface area contributed by atoms with Crippen molar-refractivity contribution in [3.63, 3.8) is 0 Å². The lowest BCUT2D eigenvalue weighted by Gasteiger charge is -2.08. The minimum Gasteiger partial charge on any atom is -1.00 e. The summed E-state index contributed by atoms with van der Waals surface area (Å²) in [5.74, 6) is -0.274. The van der Waals surface area contributed by atoms with Gasteiger partial charge in [-0.15, -0.1) is 0 Å². The van der Waals surface area contributed by atoms with Crippen LogP contribution in [0.3, 0.4) is 0 Å². The minimum absolute atomic E-state index is 0. The molecule has 0 fully saturated rings. The molecule has 10 nitrogen and oxygen atoms in total. The van der Waals surface area contributed by atoms with Crippen molar-refractivity contribution in [3.05, 3.63) is 156 Å². The molecule has 322 valence electrons. The van der Waals surface area contributed by atoms with Gasteiger partial charge >= 0.3 is 0 Å². The molecule has 7 aromatic rings. The standard InChI is InChI=1S/C50H40Br2N8O2.2ClH/c1-59-26-18-32(19-27-59)46-39-12-10-37(55-39)45(31-6-8-34(9-7-31)49(61)53-24-22-51)38-11-13-40(56-38)47(33-20-28-60(2)29-21-33)42-15-17-44(58-42)48(43-16-14-41(46)57-43)35-4-3-5-36(30-35)50(62)54-25-23-52;;/h3-21,26-30H,22-25H2,1-2H3,(H2-,53,54,55,56,57,58,61,62);2*1H. The normalized spacial score (nSPS) is 11.4. The number of carbonyl (C=O) groups excluding carboxylic acids is 2. The van der Waals surface area contributed by atoms with Crippen LogP contribution in [0.1, 0.15) is 43.5 Å². The van der Waals surface area contributed by atoms with Crippen LogP contribution in [0.25, 0.3) is 90.9 Å². The number of hydrogen-bond acceptors (Lipinski definition) is 4. The number of hydrogen-bond donors (Lipinski definition) is 4. The van der Waals surface area contributed by atoms with E-state index in [1.807, 2.05) is 115 Å². The Bertz CT molecular complexity index is 3110. The van der Waals surface area contributed by atoms with E-state index in [4.69, 9.17) is 9.97 Å². The van der Waals surface area contributed by atoms with Crippen molar-refractivity contribution in [1.82, 2.24) is 30.6 Å². The fourth-order valence-corrected chi connectivity index (χ4v) is 8.28. The molecule has 0 unspecified atom stereocenters. The lowest BCUT2D eigenvalue weighted by Crippen LogP contribution is -3.00. The Hall–Kier alpha value is -6.18. The Balaban J connectivity index is 0.00000306. The Kier molecular flexibility index (Phi) is 14.4. The number of aryl methyl sites for hydroxylation is 2. The lowest BCUT2D eigenvalue weighted by atomic mass is 10.0. The second-order valence-electron chi connectivity index (χ2n) is 15.1. The van der Waals surface area contributed by atoms with Crippen LogP contribution in [0.4, 0.5) is 0 Å². The third-order valence-electron chi connectivity index (χ3n) is 10.9. The maximum atomic E-state index is 13.3. The van der Waals surface area contributed by atoms with Crippen LogP contribution >= 0.6 is 31.9 Å². The molecule has 2 aromatic carbocycles. The zero-order valence-corrected chi connectivity index (χ0v) is 39.5. The number of aromatic nitrogens is 6. The van der Waals surface area contributed by atoms with Crippen molar-refractivity contribution < 1.29 is 43.5 Å². The van der Waals surface area contributed by atoms with E-state index in [0.717, 1.165) is 89.4 Å². The first-order valence-electron chi connectivity index (χ1n) is 20.2. The van der Waals surface area contributed by atoms with Gasteiger partial charge in [-0.3, -0.25) is 9.59 Å². The molecule has 8 bridgehead atoms. The summed E-state index contributed by atoms with van der Waals surface area (Å²) >= 11 is 6.82. The number of alkyl halides is 2. The summed E-state index contributed by atoms with van der Waals surface area (Å²) in [5.41, 5.74) is 15.0. The first-order chi connectivity index (χ1) is 30.3. The Labute approximate surface area is 399 Å². The number of carbonyl (C=O) groups is 2. The van der Waals surface area contributed by atoms with E-state index in [0.29, 0.717) is 34.9 Å². The molecular weight excluding hydrogens is 975 g/mol. The minimum atomic E-state index is -0.146. The van der Waals surface area contributed by atoms with E-state index in [1.54, 1.807) is 0 Å². The highest BCUT2D eigenvalue weighted by atomic mass is 79.9. The molecule has 0 spiro atoms. The highest BCUT2D eigenvalue weighted by Crippen LogP contribution is 2.38. The zero-order valence-electron chi connectivity index (χ0n) is 34.8. The Morgan fingerprint density at radius 2 is 0.906 bits per heavy atom. The largest absolute Gasteiger partial charge is 1.00 e. The van der Waals surface area contributed by atoms with Crippen molar-refractivity contribution in [2.24, 2.45) is 14.1 Å². The molecule has 2 amide bonds. The van der Waals surface area contributed by atoms with Gasteiger partial charge in [0.1, 0.15) is 14.1 Å². The van der Waals surface area contributed by atoms with E-state index in [2.05, 4.69) is 107 Å². The molecular formula is C50H42Br2Cl2N8O2. The number of rotatable bonds is 10. The van der Waals surface area contributed by atoms with Gasteiger partial charge in [0, 0.05) is 103 Å². The van der Waals surface area contributed by atoms with Gasteiger partial charge in [-0.05, 0) is 95.1 Å². The van der Waals surface area contributed by atoms with Gasteiger partial charge in [0.15, 0.2) is 24.8 Å². The number of H-pyrrole nitrogens is 2. The average molecular weight is 1020 g/mol. The van der Waals surface area contributed by atoms with Crippen LogP contribution < -0.4 is 44.6 Å². The predicted octanol–water partition coefficient (Wildman–Crippen LogP) is 3.23. The molecule has 14 heteroatoms. The van der Waals surface area contributed by atoms with Crippen molar-refractivity contribution in [2.45, 2.75) is 0 Å². The second-order valence-corrected chi connectivity index (χ2v) is 16.6. The fraction of sp³-hybridized carbons (Fsp3) is 0.120. The number of aromatic amines is 2. The van der Waals surface area contributed by atoms with Crippen molar-refractivity contribution >= 4 is 90.0 Å². The summed E-state index contributed by atoms with van der Waals surface area (Å²) in [5, 5.41) is 7.26. The van der Waals surface area contributed by atoms with E-state index in [1.165, 1.54) is 0 Å². The summed E-state index contributed by atoms with van der Waals surface area (Å²) in [6.07, 6.45) is 16.3. The first-order valence-corrected chi connectivity index (χ1v) is 22.5. The van der Waals surface area contributed by atoms with Gasteiger partial charge in [0.25, 0.3) is 11.8 Å². The molecule has 0 radical (unpaired) electrons. The first kappa shape index (κ1) is 45.8. The Morgan fingerprint density at radius 1 is 0.500 bits per heavy atom. The van der Waals surface area contributed by atoms with E-state index < -0.39 is 0 Å². The fourth-order valence-electron chi connectivity index (χ4n) is 7.89. The van der Waals surface area contributed by atoms with E-state index >= 15 is 0 Å². The third-order valence-corrected chi connectivity index (χ3v) is 11.7. The summed E-state index contributed by atoms with van der Waals surface area (Å²) in [4.78, 5) is 44.6. The number of amides is 2. The second kappa shape index (κ2) is 20.1. The number of halogens is 4. The van der Waals surface area contributed by atoms with E-state index in [9.17, 15) is 9.59 Å². The summed E-state index contributed by atoms with van der Waals surface area (Å²) < 4.78 is 4.02. The molecule has 4 N–H and O–H groups in total. The van der Waals surface area contributed by atoms with Crippen molar-refractivity contribution in [3.8, 4) is 44.5 Å². The smallest absolute Gasteiger partial charge is 0.251 e. The van der Waals surface area contributed by atoms with Gasteiger partial charge in [-0.25, -0.2) is 19.1 Å². The summed E-state index contributed by atoms with van der Waals surface area (Å²) in [6.45, 7) is 1.05. The molecule has 5 aromatic heterocycles. The highest BCUT2D eigenvalue weighted by molar-refractivity contribution is 9.09. The third kappa shape index (κ3) is 9.37. The Morgan fingerprint density at radius 3 is 1.39 bits per heavy atom. The van der Waals surface area contributed by atoms with Crippen LogP contribution in [0.2, 0.25) is 0 Å². The number of nitrogens with one attached hydrogen (secondary N) is 4. The van der Waals surface area contributed by atoms with Crippen LogP contribution in [-0.2, 0) is 14.1 Å². The van der Waals surface area contributed by atoms with Crippen molar-refractivity contribution in [1.29, 1.82) is 0 Å². The topological polar surface area (TPSA) is 123 Å². The zero-order chi connectivity index (χ0) is 42.7. The number of benzene rings is 2. The molecule has 0 saturated carbocycles. The van der Waals surface area contributed by atoms with Crippen molar-refractivity contribution in [2.75, 3.05) is 23.7 Å². The van der Waals surface area contributed by atoms with E-state index in [-0.39, 0.29) is 36.6 Å². The predicted molar refractivity (Wildman–Crippen MR) is 255 cm³/mol. The summed E-state index contributed by atoms with van der Waals surface area (Å²) in [7, 11) is 4.00. The average Bonchev–Trinajstić information content (AvgIpc) is 4.15. The van der Waals surface area contributed by atoms with Crippen LogP contribution in [0.15, 0.2) is 122 Å². The van der Waals surface area contributed by atoms with Gasteiger partial charge in [0.2, 0.25) is 0 Å². The SMILES string of the molecule is C[n+]1ccc(-c2c3nc(c(-c4ccc(C(=O)NCCBr)cc4)c4ccc([nH]4)c(-c4cc[n+](C)cc4)c4ccc([nH]4)c(-c4cccc(C(=O)NCCBr)c4)c4nc2C=C4)C=C3)cc1.[Cl-].[Cl-]. The lowest BCUT2D eigenvalue weighted by molar-refractivity contribution is -0.671.